The van der Waals surface area contributed by atoms with Gasteiger partial charge in [-0.15, -0.1) is 0 Å². The first-order chi connectivity index (χ1) is 38.7. The summed E-state index contributed by atoms with van der Waals surface area (Å²) >= 11 is 0. The van der Waals surface area contributed by atoms with E-state index in [-0.39, 0.29) is 21.7 Å². The number of hydrogen-bond donors (Lipinski definition) is 0. The summed E-state index contributed by atoms with van der Waals surface area (Å²) in [5, 5.41) is 2.04. The largest absolute Gasteiger partial charge is 0.530 e. The summed E-state index contributed by atoms with van der Waals surface area (Å²) in [4.78, 5) is 0. The molecule has 0 N–H and O–H groups in total. The van der Waals surface area contributed by atoms with Gasteiger partial charge in [-0.05, 0) is 157 Å². The van der Waals surface area contributed by atoms with Gasteiger partial charge in [-0.25, -0.2) is 0 Å². The van der Waals surface area contributed by atoms with E-state index >= 15 is 0 Å². The predicted molar refractivity (Wildman–Crippen MR) is 353 cm³/mol. The zero-order valence-corrected chi connectivity index (χ0v) is 55.7. The SMILES string of the molecule is CCCCCCCCCc1ccc(OP(Oc2ccc(CCCCCCCCC)cc2)Oc2c(-c3cc(C)cc(C(C)(C)C)c3Op3oc4c(C(C)(C)C)cc(C)cc4c4cc(C)cc(C(C)(C)C)c4o3)cc(C)cc2C(C)(C)C)cc1. The zero-order chi connectivity index (χ0) is 59.6. The van der Waals surface area contributed by atoms with Crippen LogP contribution in [0.2, 0.25) is 0 Å². The van der Waals surface area contributed by atoms with Crippen LogP contribution in [0.4, 0.5) is 0 Å². The summed E-state index contributed by atoms with van der Waals surface area (Å²) in [6, 6.07) is 35.1. The Bertz CT molecular complexity index is 3100. The van der Waals surface area contributed by atoms with Crippen LogP contribution < -0.4 is 18.1 Å². The Morgan fingerprint density at radius 1 is 0.378 bits per heavy atom. The first-order valence-electron chi connectivity index (χ1n) is 31.2. The molecule has 7 aromatic rings. The molecule has 82 heavy (non-hydrogen) atoms. The lowest BCUT2D eigenvalue weighted by Crippen LogP contribution is -2.16. The second kappa shape index (κ2) is 28.2. The van der Waals surface area contributed by atoms with Crippen molar-refractivity contribution in [2.75, 3.05) is 0 Å². The highest BCUT2D eigenvalue weighted by molar-refractivity contribution is 7.43. The molecule has 8 heteroatoms. The van der Waals surface area contributed by atoms with Gasteiger partial charge in [0.05, 0.1) is 0 Å². The third-order valence-electron chi connectivity index (χ3n) is 15.8. The van der Waals surface area contributed by atoms with E-state index in [1.54, 1.807) is 0 Å². The number of rotatable bonds is 25. The quantitative estimate of drug-likeness (QED) is 0.0420. The average molecular weight is 1150 g/mol. The smallest absolute Gasteiger partial charge is 0.409 e. The second-order valence-corrected chi connectivity index (χ2v) is 29.8. The minimum absolute atomic E-state index is 0.242. The monoisotopic (exact) mass is 1150 g/mol. The van der Waals surface area contributed by atoms with Gasteiger partial charge in [0.25, 0.3) is 0 Å². The maximum absolute atomic E-state index is 7.60. The Morgan fingerprint density at radius 3 is 1.09 bits per heavy atom. The predicted octanol–water partition coefficient (Wildman–Crippen LogP) is 24.6. The Hall–Kier alpha value is -5.15. The van der Waals surface area contributed by atoms with Gasteiger partial charge in [0.15, 0.2) is 0 Å². The molecule has 6 nitrogen and oxygen atoms in total. The summed E-state index contributed by atoms with van der Waals surface area (Å²) in [5.41, 5.74) is 13.6. The number of aryl methyl sites for hydroxylation is 6. The molecule has 0 aliphatic heterocycles. The molecule has 0 amide bonds. The van der Waals surface area contributed by atoms with Gasteiger partial charge in [-0.3, -0.25) is 0 Å². The van der Waals surface area contributed by atoms with Crippen LogP contribution >= 0.6 is 16.8 Å². The molecule has 0 aliphatic carbocycles. The van der Waals surface area contributed by atoms with Gasteiger partial charge < -0.3 is 26.5 Å². The second-order valence-electron chi connectivity index (χ2n) is 27.8. The van der Waals surface area contributed by atoms with Gasteiger partial charge in [0.1, 0.15) is 34.2 Å². The molecular formula is C74H102O6P2. The molecule has 0 bridgehead atoms. The maximum Gasteiger partial charge on any atom is 0.530 e. The van der Waals surface area contributed by atoms with E-state index in [0.29, 0.717) is 23.0 Å². The number of benzene rings is 6. The van der Waals surface area contributed by atoms with E-state index in [9.17, 15) is 0 Å². The fourth-order valence-electron chi connectivity index (χ4n) is 11.1. The van der Waals surface area contributed by atoms with Crippen molar-refractivity contribution in [1.29, 1.82) is 0 Å². The van der Waals surface area contributed by atoms with Crippen LogP contribution in [0.1, 0.15) is 242 Å². The molecular weight excluding hydrogens is 1050 g/mol. The minimum Gasteiger partial charge on any atom is -0.409 e. The van der Waals surface area contributed by atoms with Crippen LogP contribution in [0.3, 0.4) is 0 Å². The number of hydrogen-bond acceptors (Lipinski definition) is 6. The fourth-order valence-corrected chi connectivity index (χ4v) is 13.3. The van der Waals surface area contributed by atoms with Gasteiger partial charge >= 0.3 is 16.8 Å². The zero-order valence-electron chi connectivity index (χ0n) is 53.9. The summed E-state index contributed by atoms with van der Waals surface area (Å²) < 4.78 is 43.7. The van der Waals surface area contributed by atoms with Crippen molar-refractivity contribution in [1.82, 2.24) is 0 Å². The summed E-state index contributed by atoms with van der Waals surface area (Å²) in [6.07, 6.45) is 20.1. The van der Waals surface area contributed by atoms with Crippen LogP contribution in [-0.4, -0.2) is 0 Å². The van der Waals surface area contributed by atoms with E-state index in [1.165, 1.54) is 112 Å². The van der Waals surface area contributed by atoms with Crippen LogP contribution in [0.25, 0.3) is 33.1 Å². The van der Waals surface area contributed by atoms with E-state index < -0.39 is 16.8 Å². The Morgan fingerprint density at radius 2 is 0.707 bits per heavy atom. The molecule has 6 aromatic carbocycles. The molecule has 0 aliphatic rings. The standard InChI is InChI=1S/C74H102O6P2/c1-19-21-23-25-27-29-31-33-55-35-39-57(40-36-55)75-81(76-58-41-37-56(38-42-58)34-32-30-28-26-24-22-20-2)77-67-59(43-51(3)47-63(67)71(7,8)9)60-44-52(4)48-64(72(10,11)12)68(60)78-82-79-69-61(45-53(5)49-65(69)73(13,14)15)62-46-54(6)50-66(70(62)80-82)74(16,17)18/h35-50H,19-34H2,1-18H3. The van der Waals surface area contributed by atoms with Gasteiger partial charge in [-0.1, -0.05) is 223 Å². The van der Waals surface area contributed by atoms with Crippen LogP contribution in [-0.2, 0) is 34.5 Å². The summed E-state index contributed by atoms with van der Waals surface area (Å²) in [5.74, 6) is 2.78. The molecule has 444 valence electrons. The number of fused-ring (bicyclic) bond motifs is 3. The van der Waals surface area contributed by atoms with E-state index in [4.69, 9.17) is 26.5 Å². The van der Waals surface area contributed by atoms with Crippen molar-refractivity contribution in [2.45, 2.75) is 249 Å². The highest BCUT2D eigenvalue weighted by atomic mass is 31.2. The van der Waals surface area contributed by atoms with Crippen molar-refractivity contribution >= 4 is 38.8 Å². The van der Waals surface area contributed by atoms with Gasteiger partial charge in [0, 0.05) is 44.2 Å². The molecule has 1 heterocycles. The van der Waals surface area contributed by atoms with Crippen LogP contribution in [0, 0.1) is 27.7 Å². The minimum atomic E-state index is -2.11. The third kappa shape index (κ3) is 17.5. The Labute approximate surface area is 498 Å². The fraction of sp³-hybridized carbons (Fsp3) is 0.514. The van der Waals surface area contributed by atoms with Gasteiger partial charge in [-0.2, -0.15) is 0 Å². The maximum atomic E-state index is 7.60. The summed E-state index contributed by atoms with van der Waals surface area (Å²) in [7, 11) is -4.19. The molecule has 0 atom stereocenters. The van der Waals surface area contributed by atoms with Crippen molar-refractivity contribution in [2.24, 2.45) is 0 Å². The normalized spacial score (nSPS) is 12.4. The summed E-state index contributed by atoms with van der Waals surface area (Å²) in [6.45, 7) is 40.3. The highest BCUT2D eigenvalue weighted by Gasteiger charge is 2.33. The lowest BCUT2D eigenvalue weighted by atomic mass is 9.80. The molecule has 1 aromatic heterocycles. The first kappa shape index (κ1) is 64.4. The molecule has 0 saturated carbocycles. The van der Waals surface area contributed by atoms with Crippen molar-refractivity contribution < 1.29 is 26.5 Å². The van der Waals surface area contributed by atoms with E-state index in [1.807, 2.05) is 0 Å². The molecule has 0 saturated heterocycles. The Balaban J connectivity index is 1.38. The molecule has 7 rings (SSSR count). The lowest BCUT2D eigenvalue weighted by molar-refractivity contribution is 0.382. The molecule has 0 spiro atoms. The lowest BCUT2D eigenvalue weighted by Gasteiger charge is -2.29. The van der Waals surface area contributed by atoms with E-state index in [0.717, 1.165) is 79.3 Å². The van der Waals surface area contributed by atoms with Crippen LogP contribution in [0.5, 0.6) is 23.0 Å². The van der Waals surface area contributed by atoms with Gasteiger partial charge in [0.2, 0.25) is 0 Å². The van der Waals surface area contributed by atoms with Crippen molar-refractivity contribution in [3.05, 3.63) is 153 Å². The van der Waals surface area contributed by atoms with Crippen molar-refractivity contribution in [3.63, 3.8) is 0 Å². The highest BCUT2D eigenvalue weighted by Crippen LogP contribution is 2.54. The molecule has 0 unspecified atom stereocenters. The van der Waals surface area contributed by atoms with E-state index in [2.05, 4.69) is 222 Å². The molecule has 0 radical (unpaired) electrons. The van der Waals surface area contributed by atoms with Crippen LogP contribution in [0.15, 0.2) is 105 Å². The Kier molecular flexibility index (Phi) is 22.1. The third-order valence-corrected chi connectivity index (χ3v) is 17.8. The number of unbranched alkanes of at least 4 members (excludes halogenated alkanes) is 12. The molecule has 0 fully saturated rings. The first-order valence-corrected chi connectivity index (χ1v) is 33.4. The van der Waals surface area contributed by atoms with Crippen molar-refractivity contribution in [3.8, 4) is 34.1 Å². The topological polar surface area (TPSA) is 63.2 Å². The average Bonchev–Trinajstić information content (AvgIpc) is 2.26.